The number of likely N-dealkylation sites (N-methyl/N-ethyl adjacent to an activating group) is 1. The summed E-state index contributed by atoms with van der Waals surface area (Å²) in [4.78, 5) is 20.3. The third-order valence-corrected chi connectivity index (χ3v) is 6.05. The lowest BCUT2D eigenvalue weighted by atomic mass is 9.98. The Hall–Kier alpha value is -3.85. The van der Waals surface area contributed by atoms with E-state index in [1.54, 1.807) is 32.5 Å². The summed E-state index contributed by atoms with van der Waals surface area (Å²) in [5.74, 6) is 0.391. The minimum Gasteiger partial charge on any atom is -0.493 e. The van der Waals surface area contributed by atoms with E-state index in [0.717, 1.165) is 22.5 Å². The zero-order valence-corrected chi connectivity index (χ0v) is 17.8. The van der Waals surface area contributed by atoms with E-state index in [1.165, 1.54) is 4.90 Å². The van der Waals surface area contributed by atoms with Gasteiger partial charge < -0.3 is 29.9 Å². The van der Waals surface area contributed by atoms with E-state index in [0.29, 0.717) is 30.2 Å². The van der Waals surface area contributed by atoms with Crippen LogP contribution in [0.5, 0.6) is 0 Å². The van der Waals surface area contributed by atoms with Gasteiger partial charge in [0, 0.05) is 61.0 Å². The maximum atomic E-state index is 12.4. The monoisotopic (exact) mass is 433 g/mol. The molecule has 0 saturated carbocycles. The molecule has 4 heterocycles. The van der Waals surface area contributed by atoms with Gasteiger partial charge in [-0.05, 0) is 18.2 Å². The third kappa shape index (κ3) is 3.09. The molecule has 1 saturated heterocycles. The van der Waals surface area contributed by atoms with Crippen LogP contribution < -0.4 is 10.6 Å². The number of hydrogen-bond donors (Lipinski definition) is 2. The molecule has 5 rings (SSSR count). The van der Waals surface area contributed by atoms with E-state index in [4.69, 9.17) is 15.0 Å². The summed E-state index contributed by atoms with van der Waals surface area (Å²) in [6, 6.07) is 11.1. The smallest absolute Gasteiger partial charge is 0.262 e. The first-order valence-electron chi connectivity index (χ1n) is 10.2. The van der Waals surface area contributed by atoms with E-state index in [-0.39, 0.29) is 18.1 Å². The van der Waals surface area contributed by atoms with E-state index in [9.17, 15) is 9.90 Å². The summed E-state index contributed by atoms with van der Waals surface area (Å²) in [6.45, 7) is 0.999. The largest absolute Gasteiger partial charge is 0.493 e. The number of pyridine rings is 1. The van der Waals surface area contributed by atoms with E-state index < -0.39 is 5.60 Å². The molecule has 9 heteroatoms. The zero-order valence-electron chi connectivity index (χ0n) is 17.8. The summed E-state index contributed by atoms with van der Waals surface area (Å²) >= 11 is 0. The molecule has 0 radical (unpaired) electrons. The predicted molar refractivity (Wildman–Crippen MR) is 118 cm³/mol. The van der Waals surface area contributed by atoms with Gasteiger partial charge in [-0.25, -0.2) is 0 Å². The van der Waals surface area contributed by atoms with Crippen LogP contribution in [0.1, 0.15) is 23.4 Å². The van der Waals surface area contributed by atoms with Crippen LogP contribution in [0.2, 0.25) is 0 Å². The molecule has 1 atom stereocenters. The van der Waals surface area contributed by atoms with Crippen molar-refractivity contribution >= 4 is 23.0 Å². The van der Waals surface area contributed by atoms with Gasteiger partial charge in [-0.2, -0.15) is 0 Å². The lowest BCUT2D eigenvalue weighted by Gasteiger charge is -2.28. The molecule has 9 nitrogen and oxygen atoms in total. The van der Waals surface area contributed by atoms with Gasteiger partial charge in [-0.3, -0.25) is 9.78 Å². The van der Waals surface area contributed by atoms with Crippen molar-refractivity contribution < 1.29 is 19.2 Å². The maximum Gasteiger partial charge on any atom is 0.262 e. The maximum absolute atomic E-state index is 12.4. The minimum atomic E-state index is -1.67. The van der Waals surface area contributed by atoms with Gasteiger partial charge in [-0.15, -0.1) is 0 Å². The molecule has 1 aromatic carbocycles. The first-order valence-corrected chi connectivity index (χ1v) is 10.2. The number of rotatable bonds is 4. The molecular formula is C23H23N5O4. The lowest BCUT2D eigenvalue weighted by Crippen LogP contribution is -2.35. The summed E-state index contributed by atoms with van der Waals surface area (Å²) < 4.78 is 10.9. The van der Waals surface area contributed by atoms with Crippen LogP contribution in [-0.2, 0) is 21.7 Å². The number of fused-ring (bicyclic) bond motifs is 1. The number of aliphatic hydroxyl groups is 1. The van der Waals surface area contributed by atoms with Gasteiger partial charge in [0.25, 0.3) is 5.91 Å². The Kier molecular flexibility index (Phi) is 4.63. The molecular weight excluding hydrogens is 410 g/mol. The summed E-state index contributed by atoms with van der Waals surface area (Å²) in [5, 5.41) is 14.9. The van der Waals surface area contributed by atoms with Crippen molar-refractivity contribution in [1.82, 2.24) is 15.0 Å². The molecule has 2 aliphatic heterocycles. The number of ether oxygens (including phenoxy) is 1. The minimum absolute atomic E-state index is 0.152. The molecule has 0 unspecified atom stereocenters. The Bertz CT molecular complexity index is 1240. The average Bonchev–Trinajstić information content (AvgIpc) is 3.41. The number of benzene rings is 1. The van der Waals surface area contributed by atoms with Gasteiger partial charge in [0.2, 0.25) is 5.60 Å². The summed E-state index contributed by atoms with van der Waals surface area (Å²) in [6.07, 6.45) is 3.82. The lowest BCUT2D eigenvalue weighted by molar-refractivity contribution is -0.144. The number of carbonyl (C=O) groups excluding carboxylic acids is 1. The number of likely N-dealkylation sites (tertiary alicyclic amines) is 1. The Morgan fingerprint density at radius 3 is 2.88 bits per heavy atom. The van der Waals surface area contributed by atoms with Crippen LogP contribution in [0.15, 0.2) is 53.3 Å². The molecule has 1 amide bonds. The summed E-state index contributed by atoms with van der Waals surface area (Å²) in [7, 11) is 3.26. The van der Waals surface area contributed by atoms with E-state index in [1.807, 2.05) is 35.4 Å². The highest BCUT2D eigenvalue weighted by Crippen LogP contribution is 2.36. The quantitative estimate of drug-likeness (QED) is 0.644. The van der Waals surface area contributed by atoms with Gasteiger partial charge in [0.15, 0.2) is 11.5 Å². The zero-order chi connectivity index (χ0) is 22.5. The molecule has 0 spiro atoms. The number of nitrogens with two attached hydrogens (primary N) is 1. The number of nitrogens with zero attached hydrogens (tertiary/aromatic N) is 4. The fourth-order valence-electron chi connectivity index (χ4n) is 4.15. The Labute approximate surface area is 184 Å². The number of hydrogen-bond acceptors (Lipinski definition) is 8. The number of anilines is 2. The molecule has 2 aliphatic rings. The first kappa shape index (κ1) is 20.1. The molecule has 32 heavy (non-hydrogen) atoms. The highest BCUT2D eigenvalue weighted by atomic mass is 16.5. The number of aromatic nitrogens is 2. The van der Waals surface area contributed by atoms with E-state index in [2.05, 4.69) is 10.1 Å². The molecule has 0 bridgehead atoms. The molecule has 3 N–H and O–H groups in total. The highest BCUT2D eigenvalue weighted by molar-refractivity contribution is 5.88. The van der Waals surface area contributed by atoms with Crippen LogP contribution in [0.3, 0.4) is 0 Å². The van der Waals surface area contributed by atoms with Gasteiger partial charge in [-0.1, -0.05) is 17.3 Å². The van der Waals surface area contributed by atoms with Crippen LogP contribution >= 0.6 is 0 Å². The van der Waals surface area contributed by atoms with E-state index >= 15 is 0 Å². The number of carbonyl (C=O) groups is 1. The van der Waals surface area contributed by atoms with Gasteiger partial charge in [0.05, 0.1) is 13.7 Å². The topological polar surface area (TPSA) is 118 Å². The normalized spacial score (nSPS) is 20.3. The van der Waals surface area contributed by atoms with Crippen LogP contribution in [0, 0.1) is 0 Å². The number of amides is 1. The van der Waals surface area contributed by atoms with Crippen molar-refractivity contribution in [1.29, 1.82) is 0 Å². The average molecular weight is 433 g/mol. The standard InChI is InChI=1S/C23H23N5O4/c1-27-9-7-23(30,22(27)29)20-11-18(26-32-20)14-4-3-5-15(10-14)28-12-16-17(24)6-8-25-21(16)19(13-28)31-2/h3-6,8,10-11,13,30H,7,9,12H2,1-2H3,(H2,24,25)/t23-/m1/s1. The molecule has 164 valence electrons. The fourth-order valence-corrected chi connectivity index (χ4v) is 4.15. The van der Waals surface area contributed by atoms with Gasteiger partial charge in [0.1, 0.15) is 11.4 Å². The number of methoxy groups -OCH3 is 1. The predicted octanol–water partition coefficient (Wildman–Crippen LogP) is 2.33. The van der Waals surface area contributed by atoms with Crippen molar-refractivity contribution in [3.05, 3.63) is 65.8 Å². The number of nitrogen functional groups attached to an aromatic ring is 1. The van der Waals surface area contributed by atoms with Gasteiger partial charge >= 0.3 is 0 Å². The Balaban J connectivity index is 1.47. The SMILES string of the molecule is COC1=CN(c2cccc(-c3cc([C@]4(O)CCN(C)C4=O)on3)c2)Cc2c(N)ccnc21. The van der Waals surface area contributed by atoms with Crippen molar-refractivity contribution in [3.63, 3.8) is 0 Å². The Morgan fingerprint density at radius 1 is 1.28 bits per heavy atom. The summed E-state index contributed by atoms with van der Waals surface area (Å²) in [5.41, 5.74) is 9.02. The molecule has 3 aromatic rings. The molecule has 2 aromatic heterocycles. The third-order valence-electron chi connectivity index (χ3n) is 6.05. The van der Waals surface area contributed by atoms with Crippen molar-refractivity contribution in [2.75, 3.05) is 31.3 Å². The second kappa shape index (κ2) is 7.38. The Morgan fingerprint density at radius 2 is 2.12 bits per heavy atom. The van der Waals surface area contributed by atoms with Crippen LogP contribution in [-0.4, -0.2) is 46.8 Å². The van der Waals surface area contributed by atoms with Crippen LogP contribution in [0.4, 0.5) is 11.4 Å². The second-order valence-corrected chi connectivity index (χ2v) is 8.02. The first-order chi connectivity index (χ1) is 15.4. The fraction of sp³-hybridized carbons (Fsp3) is 0.261. The molecule has 1 fully saturated rings. The molecule has 0 aliphatic carbocycles. The van der Waals surface area contributed by atoms with Crippen molar-refractivity contribution in [2.45, 2.75) is 18.6 Å². The van der Waals surface area contributed by atoms with Crippen molar-refractivity contribution in [2.24, 2.45) is 0 Å². The van der Waals surface area contributed by atoms with Crippen molar-refractivity contribution in [3.8, 4) is 11.3 Å². The highest BCUT2D eigenvalue weighted by Gasteiger charge is 2.48. The van der Waals surface area contributed by atoms with Crippen LogP contribution in [0.25, 0.3) is 17.0 Å². The second-order valence-electron chi connectivity index (χ2n) is 8.02.